The van der Waals surface area contributed by atoms with Gasteiger partial charge in [0.05, 0.1) is 0 Å². The van der Waals surface area contributed by atoms with E-state index in [1.165, 1.54) is 0 Å². The molecule has 0 aliphatic heterocycles. The summed E-state index contributed by atoms with van der Waals surface area (Å²) in [5.74, 6) is -3.36. The van der Waals surface area contributed by atoms with Crippen molar-refractivity contribution in [3.8, 4) is 0 Å². The zero-order valence-corrected chi connectivity index (χ0v) is 7.37. The molecule has 11 heavy (non-hydrogen) atoms. The minimum absolute atomic E-state index is 0.00243. The molecule has 0 radical (unpaired) electrons. The van der Waals surface area contributed by atoms with Crippen LogP contribution in [-0.4, -0.2) is 38.0 Å². The molecule has 0 N–H and O–H groups in total. The van der Waals surface area contributed by atoms with E-state index < -0.39 is 15.8 Å². The van der Waals surface area contributed by atoms with E-state index in [1.54, 1.807) is 0 Å². The number of hydrogen-bond acceptors (Lipinski definition) is 2. The largest absolute Gasteiger partial charge is 0.350 e. The smallest absolute Gasteiger partial charge is 0.206 e. The Morgan fingerprint density at radius 1 is 1.55 bits per heavy atom. The molecule has 7 heteroatoms. The molecule has 0 spiro atoms. The number of sulfonamides is 1. The van der Waals surface area contributed by atoms with Crippen molar-refractivity contribution in [3.63, 3.8) is 0 Å². The van der Waals surface area contributed by atoms with Crippen molar-refractivity contribution in [3.05, 3.63) is 0 Å². The van der Waals surface area contributed by atoms with Gasteiger partial charge in [-0.1, -0.05) is 0 Å². The molecule has 0 atom stereocenters. The van der Waals surface area contributed by atoms with Crippen LogP contribution in [0.4, 0.5) is 8.78 Å². The van der Waals surface area contributed by atoms with E-state index in [0.717, 1.165) is 7.05 Å². The third kappa shape index (κ3) is 2.88. The molecular formula is C4H8ClF2NO2S. The summed E-state index contributed by atoms with van der Waals surface area (Å²) < 4.78 is 45.0. The topological polar surface area (TPSA) is 37.4 Å². The summed E-state index contributed by atoms with van der Waals surface area (Å²) in [6.07, 6.45) is 0. The maximum absolute atomic E-state index is 11.7. The number of rotatable bonds is 4. The average molecular weight is 208 g/mol. The molecule has 0 unspecified atom stereocenters. The highest BCUT2D eigenvalue weighted by molar-refractivity contribution is 7.89. The number of halogens is 3. The molecule has 0 bridgehead atoms. The molecule has 0 aromatic carbocycles. The van der Waals surface area contributed by atoms with Crippen LogP contribution in [0.5, 0.6) is 0 Å². The molecule has 0 saturated carbocycles. The summed E-state index contributed by atoms with van der Waals surface area (Å²) in [6.45, 7) is -0.103. The second kappa shape index (κ2) is 4.18. The first-order chi connectivity index (χ1) is 4.92. The first kappa shape index (κ1) is 11.1. The fraction of sp³-hybridized carbons (Fsp3) is 1.00. The van der Waals surface area contributed by atoms with E-state index in [4.69, 9.17) is 11.6 Å². The minimum Gasteiger partial charge on any atom is -0.206 e. The van der Waals surface area contributed by atoms with Crippen LogP contribution in [0.3, 0.4) is 0 Å². The third-order valence-corrected chi connectivity index (χ3v) is 2.73. The molecule has 0 aromatic rings. The van der Waals surface area contributed by atoms with Crippen LogP contribution < -0.4 is 0 Å². The van der Waals surface area contributed by atoms with E-state index in [2.05, 4.69) is 0 Å². The molecule has 68 valence electrons. The van der Waals surface area contributed by atoms with E-state index >= 15 is 0 Å². The molecule has 0 rings (SSSR count). The van der Waals surface area contributed by atoms with Crippen LogP contribution in [0.15, 0.2) is 0 Å². The molecule has 0 aliphatic rings. The lowest BCUT2D eigenvalue weighted by Crippen LogP contribution is -2.33. The van der Waals surface area contributed by atoms with Crippen molar-refractivity contribution in [2.75, 3.05) is 19.5 Å². The summed E-state index contributed by atoms with van der Waals surface area (Å²) in [5.41, 5.74) is 0. The predicted octanol–water partition coefficient (Wildman–Crippen LogP) is 0.709. The molecule has 0 aliphatic carbocycles. The molecule has 0 saturated heterocycles. The summed E-state index contributed by atoms with van der Waals surface area (Å²) in [7, 11) is -3.36. The van der Waals surface area contributed by atoms with Crippen LogP contribution in [0, 0.1) is 0 Å². The Morgan fingerprint density at radius 3 is 2.27 bits per heavy atom. The van der Waals surface area contributed by atoms with Crippen LogP contribution in [0.1, 0.15) is 0 Å². The van der Waals surface area contributed by atoms with Gasteiger partial charge in [0, 0.05) is 19.5 Å². The molecular weight excluding hydrogens is 200 g/mol. The lowest BCUT2D eigenvalue weighted by atomic mass is 10.8. The molecule has 0 heterocycles. The van der Waals surface area contributed by atoms with Gasteiger partial charge < -0.3 is 0 Å². The highest BCUT2D eigenvalue weighted by atomic mass is 35.5. The monoisotopic (exact) mass is 207 g/mol. The standard InChI is InChI=1S/C4H8ClF2NO2S/c1-8(3-2-5)11(9,10)4(6)7/h4H,2-3H2,1H3. The lowest BCUT2D eigenvalue weighted by Gasteiger charge is -2.13. The van der Waals surface area contributed by atoms with Crippen molar-refractivity contribution in [2.24, 2.45) is 0 Å². The van der Waals surface area contributed by atoms with Gasteiger partial charge in [-0.25, -0.2) is 8.42 Å². The van der Waals surface area contributed by atoms with Gasteiger partial charge in [0.1, 0.15) is 0 Å². The molecule has 3 nitrogen and oxygen atoms in total. The molecule has 0 amide bonds. The second-order valence-electron chi connectivity index (χ2n) is 1.82. The van der Waals surface area contributed by atoms with Crippen molar-refractivity contribution in [2.45, 2.75) is 5.76 Å². The summed E-state index contributed by atoms with van der Waals surface area (Å²) in [6, 6.07) is 0. The van der Waals surface area contributed by atoms with Gasteiger partial charge in [-0.15, -0.1) is 11.6 Å². The van der Waals surface area contributed by atoms with Crippen molar-refractivity contribution < 1.29 is 17.2 Å². The first-order valence-corrected chi connectivity index (χ1v) is 4.76. The Labute approximate surface area is 69.0 Å². The summed E-state index contributed by atoms with van der Waals surface area (Å²) >= 11 is 5.16. The Balaban J connectivity index is 4.32. The number of hydrogen-bond donors (Lipinski definition) is 0. The third-order valence-electron chi connectivity index (χ3n) is 1.06. The van der Waals surface area contributed by atoms with Gasteiger partial charge >= 0.3 is 5.76 Å². The Morgan fingerprint density at radius 2 is 2.00 bits per heavy atom. The average Bonchev–Trinajstić information content (AvgIpc) is 1.88. The van der Waals surface area contributed by atoms with E-state index in [0.29, 0.717) is 4.31 Å². The Hall–Kier alpha value is 0.0600. The molecule has 0 aromatic heterocycles. The quantitative estimate of drug-likeness (QED) is 0.637. The van der Waals surface area contributed by atoms with E-state index in [9.17, 15) is 17.2 Å². The predicted molar refractivity (Wildman–Crippen MR) is 38.3 cm³/mol. The van der Waals surface area contributed by atoms with E-state index in [1.807, 2.05) is 0 Å². The van der Waals surface area contributed by atoms with Crippen LogP contribution in [0.2, 0.25) is 0 Å². The van der Waals surface area contributed by atoms with Crippen LogP contribution in [-0.2, 0) is 10.0 Å². The number of alkyl halides is 3. The first-order valence-electron chi connectivity index (χ1n) is 2.72. The molecule has 0 fully saturated rings. The van der Waals surface area contributed by atoms with Crippen molar-refractivity contribution in [1.29, 1.82) is 0 Å². The van der Waals surface area contributed by atoms with Gasteiger partial charge in [-0.3, -0.25) is 0 Å². The highest BCUT2D eigenvalue weighted by Gasteiger charge is 2.28. The fourth-order valence-corrected chi connectivity index (χ4v) is 1.35. The fourth-order valence-electron chi connectivity index (χ4n) is 0.382. The maximum atomic E-state index is 11.7. The summed E-state index contributed by atoms with van der Waals surface area (Å²) in [4.78, 5) is 0. The van der Waals surface area contributed by atoms with Crippen molar-refractivity contribution in [1.82, 2.24) is 4.31 Å². The lowest BCUT2D eigenvalue weighted by molar-refractivity contribution is 0.223. The highest BCUT2D eigenvalue weighted by Crippen LogP contribution is 2.08. The summed E-state index contributed by atoms with van der Waals surface area (Å²) in [5, 5.41) is 0. The zero-order valence-electron chi connectivity index (χ0n) is 5.80. The van der Waals surface area contributed by atoms with Gasteiger partial charge in [0.2, 0.25) is 0 Å². The zero-order chi connectivity index (χ0) is 9.07. The van der Waals surface area contributed by atoms with E-state index in [-0.39, 0.29) is 12.4 Å². The van der Waals surface area contributed by atoms with Gasteiger partial charge in [0.15, 0.2) is 0 Å². The number of nitrogens with zero attached hydrogens (tertiary/aromatic N) is 1. The van der Waals surface area contributed by atoms with Crippen molar-refractivity contribution >= 4 is 21.6 Å². The SMILES string of the molecule is CN(CCCl)S(=O)(=O)C(F)F. The Kier molecular flexibility index (Phi) is 4.20. The van der Waals surface area contributed by atoms with Gasteiger partial charge in [0.25, 0.3) is 10.0 Å². The Bertz CT molecular complexity index is 206. The maximum Gasteiger partial charge on any atom is 0.350 e. The van der Waals surface area contributed by atoms with Gasteiger partial charge in [-0.2, -0.15) is 13.1 Å². The van der Waals surface area contributed by atoms with Crippen LogP contribution >= 0.6 is 11.6 Å². The minimum atomic E-state index is -4.42. The normalized spacial score (nSPS) is 12.9. The van der Waals surface area contributed by atoms with Crippen LogP contribution in [0.25, 0.3) is 0 Å². The van der Waals surface area contributed by atoms with Gasteiger partial charge in [-0.05, 0) is 0 Å². The second-order valence-corrected chi connectivity index (χ2v) is 4.20.